The van der Waals surface area contributed by atoms with Gasteiger partial charge >= 0.3 is 5.76 Å². The second kappa shape index (κ2) is 5.92. The van der Waals surface area contributed by atoms with E-state index in [0.29, 0.717) is 11.1 Å². The van der Waals surface area contributed by atoms with E-state index >= 15 is 0 Å². The van der Waals surface area contributed by atoms with Crippen LogP contribution in [0.15, 0.2) is 56.3 Å². The Morgan fingerprint density at radius 2 is 1.89 bits per heavy atom. The Morgan fingerprint density at radius 1 is 1.04 bits per heavy atom. The molecule has 138 valence electrons. The lowest BCUT2D eigenvalue weighted by atomic mass is 9.92. The van der Waals surface area contributed by atoms with E-state index in [1.54, 1.807) is 6.20 Å². The third kappa shape index (κ3) is 2.38. The first-order valence-corrected chi connectivity index (χ1v) is 8.98. The third-order valence-electron chi connectivity index (χ3n) is 5.11. The Bertz CT molecular complexity index is 1400. The molecule has 3 heterocycles. The summed E-state index contributed by atoms with van der Waals surface area (Å²) in [6, 6.07) is 11.9. The van der Waals surface area contributed by atoms with Gasteiger partial charge < -0.3 is 8.94 Å². The molecule has 0 fully saturated rings. The van der Waals surface area contributed by atoms with Crippen molar-refractivity contribution in [1.29, 1.82) is 0 Å². The lowest BCUT2D eigenvalue weighted by Gasteiger charge is -2.12. The Balaban J connectivity index is 1.93. The number of rotatable bonds is 2. The molecule has 0 bridgehead atoms. The van der Waals surface area contributed by atoms with E-state index in [4.69, 9.17) is 8.94 Å². The Hall–Kier alpha value is -3.67. The van der Waals surface area contributed by atoms with Crippen LogP contribution in [0, 0.1) is 20.8 Å². The summed E-state index contributed by atoms with van der Waals surface area (Å²) in [6.45, 7) is 5.83. The van der Waals surface area contributed by atoms with Crippen molar-refractivity contribution in [3.05, 3.63) is 70.2 Å². The molecular weight excluding hydrogens is 354 g/mol. The Morgan fingerprint density at radius 3 is 2.68 bits per heavy atom. The van der Waals surface area contributed by atoms with Crippen molar-refractivity contribution in [2.75, 3.05) is 0 Å². The molecular formula is C22H17N3O3. The molecule has 0 unspecified atom stereocenters. The molecule has 0 saturated carbocycles. The van der Waals surface area contributed by atoms with Gasteiger partial charge in [0.15, 0.2) is 5.58 Å². The van der Waals surface area contributed by atoms with Gasteiger partial charge in [-0.2, -0.15) is 0 Å². The summed E-state index contributed by atoms with van der Waals surface area (Å²) in [7, 11) is 0. The van der Waals surface area contributed by atoms with E-state index in [-0.39, 0.29) is 0 Å². The summed E-state index contributed by atoms with van der Waals surface area (Å²) in [5, 5.41) is 5.07. The number of benzene rings is 2. The van der Waals surface area contributed by atoms with Crippen LogP contribution in [0.2, 0.25) is 0 Å². The van der Waals surface area contributed by atoms with Gasteiger partial charge in [0, 0.05) is 22.7 Å². The van der Waals surface area contributed by atoms with E-state index in [0.717, 1.165) is 50.2 Å². The number of oxazole rings is 1. The van der Waals surface area contributed by atoms with E-state index in [9.17, 15) is 4.79 Å². The standard InChI is InChI=1S/C22H17N3O3/c1-11-6-7-17-15(5-4-8-23-17)19(11)16-9-14(20-12(2)25-28-13(20)3)10-18-21(16)27-22(26)24-18/h4-10H,1-3H3,(H,24,26). The minimum Gasteiger partial charge on any atom is -0.407 e. The van der Waals surface area contributed by atoms with Gasteiger partial charge in [-0.15, -0.1) is 0 Å². The van der Waals surface area contributed by atoms with Crippen LogP contribution in [0.5, 0.6) is 0 Å². The van der Waals surface area contributed by atoms with Crippen LogP contribution < -0.4 is 5.76 Å². The van der Waals surface area contributed by atoms with Gasteiger partial charge in [-0.3, -0.25) is 9.97 Å². The average Bonchev–Trinajstić information content (AvgIpc) is 3.22. The van der Waals surface area contributed by atoms with E-state index in [1.165, 1.54) is 0 Å². The van der Waals surface area contributed by atoms with Crippen LogP contribution in [-0.2, 0) is 0 Å². The number of pyridine rings is 1. The molecule has 0 atom stereocenters. The first-order valence-electron chi connectivity index (χ1n) is 8.98. The predicted molar refractivity (Wildman–Crippen MR) is 107 cm³/mol. The second-order valence-corrected chi connectivity index (χ2v) is 6.94. The minimum absolute atomic E-state index is 0.483. The largest absolute Gasteiger partial charge is 0.417 e. The van der Waals surface area contributed by atoms with Crippen molar-refractivity contribution in [2.24, 2.45) is 0 Å². The normalized spacial score (nSPS) is 11.5. The van der Waals surface area contributed by atoms with Crippen LogP contribution in [-0.4, -0.2) is 15.1 Å². The highest BCUT2D eigenvalue weighted by molar-refractivity contribution is 6.04. The summed E-state index contributed by atoms with van der Waals surface area (Å²) >= 11 is 0. The van der Waals surface area contributed by atoms with Crippen molar-refractivity contribution in [1.82, 2.24) is 15.1 Å². The fourth-order valence-corrected chi connectivity index (χ4v) is 3.90. The fourth-order valence-electron chi connectivity index (χ4n) is 3.90. The van der Waals surface area contributed by atoms with Gasteiger partial charge in [0.1, 0.15) is 5.76 Å². The van der Waals surface area contributed by atoms with Crippen LogP contribution in [0.4, 0.5) is 0 Å². The zero-order valence-corrected chi connectivity index (χ0v) is 15.7. The maximum atomic E-state index is 12.0. The molecule has 0 aliphatic carbocycles. The first kappa shape index (κ1) is 16.5. The van der Waals surface area contributed by atoms with Crippen LogP contribution in [0.3, 0.4) is 0 Å². The summed E-state index contributed by atoms with van der Waals surface area (Å²) in [5.41, 5.74) is 7.58. The molecule has 3 aromatic heterocycles. The van der Waals surface area contributed by atoms with Gasteiger partial charge in [-0.05, 0) is 61.7 Å². The molecule has 5 aromatic rings. The highest BCUT2D eigenvalue weighted by Gasteiger charge is 2.19. The van der Waals surface area contributed by atoms with Gasteiger partial charge in [-0.25, -0.2) is 4.79 Å². The third-order valence-corrected chi connectivity index (χ3v) is 5.11. The molecule has 2 aromatic carbocycles. The first-order chi connectivity index (χ1) is 13.5. The van der Waals surface area contributed by atoms with E-state index in [1.807, 2.05) is 57.2 Å². The van der Waals surface area contributed by atoms with Crippen LogP contribution in [0.25, 0.3) is 44.3 Å². The van der Waals surface area contributed by atoms with Gasteiger partial charge in [0.25, 0.3) is 0 Å². The smallest absolute Gasteiger partial charge is 0.407 e. The molecule has 28 heavy (non-hydrogen) atoms. The highest BCUT2D eigenvalue weighted by Crippen LogP contribution is 2.39. The van der Waals surface area contributed by atoms with Gasteiger partial charge in [0.2, 0.25) is 0 Å². The summed E-state index contributed by atoms with van der Waals surface area (Å²) in [4.78, 5) is 19.2. The van der Waals surface area contributed by atoms with Crippen molar-refractivity contribution < 1.29 is 8.94 Å². The average molecular weight is 371 g/mol. The molecule has 5 rings (SSSR count). The molecule has 0 aliphatic heterocycles. The minimum atomic E-state index is -0.483. The quantitative estimate of drug-likeness (QED) is 0.476. The molecule has 0 amide bonds. The number of nitrogens with one attached hydrogen (secondary N) is 1. The number of fused-ring (bicyclic) bond motifs is 2. The summed E-state index contributed by atoms with van der Waals surface area (Å²) in [6.07, 6.45) is 1.77. The Kier molecular flexibility index (Phi) is 3.49. The topological polar surface area (TPSA) is 84.9 Å². The zero-order chi connectivity index (χ0) is 19.4. The van der Waals surface area contributed by atoms with E-state index < -0.39 is 5.76 Å². The molecule has 0 aliphatic rings. The highest BCUT2D eigenvalue weighted by atomic mass is 16.5. The number of H-pyrrole nitrogens is 1. The van der Waals surface area contributed by atoms with Crippen molar-refractivity contribution in [2.45, 2.75) is 20.8 Å². The molecule has 6 nitrogen and oxygen atoms in total. The van der Waals surface area contributed by atoms with E-state index in [2.05, 4.69) is 15.1 Å². The monoisotopic (exact) mass is 371 g/mol. The summed E-state index contributed by atoms with van der Waals surface area (Å²) < 4.78 is 10.9. The van der Waals surface area contributed by atoms with Gasteiger partial charge in [-0.1, -0.05) is 17.3 Å². The molecule has 0 saturated heterocycles. The number of aryl methyl sites for hydroxylation is 3. The van der Waals surface area contributed by atoms with Gasteiger partial charge in [0.05, 0.1) is 16.7 Å². The number of hydrogen-bond acceptors (Lipinski definition) is 5. The Labute approximate surface area is 159 Å². The maximum absolute atomic E-state index is 12.0. The maximum Gasteiger partial charge on any atom is 0.417 e. The number of hydrogen-bond donors (Lipinski definition) is 1. The van der Waals surface area contributed by atoms with Crippen molar-refractivity contribution in [3.8, 4) is 22.3 Å². The zero-order valence-electron chi connectivity index (χ0n) is 15.7. The van der Waals surface area contributed by atoms with Crippen molar-refractivity contribution >= 4 is 22.0 Å². The molecule has 0 radical (unpaired) electrons. The summed E-state index contributed by atoms with van der Waals surface area (Å²) in [5.74, 6) is 0.244. The lowest BCUT2D eigenvalue weighted by Crippen LogP contribution is -1.92. The SMILES string of the molecule is Cc1ccc2ncccc2c1-c1cc(-c2c(C)noc2C)cc2[nH]c(=O)oc12. The van der Waals surface area contributed by atoms with Crippen LogP contribution >= 0.6 is 0 Å². The number of aromatic amines is 1. The molecule has 0 spiro atoms. The lowest BCUT2D eigenvalue weighted by molar-refractivity contribution is 0.393. The fraction of sp³-hybridized carbons (Fsp3) is 0.136. The molecule has 6 heteroatoms. The number of nitrogens with zero attached hydrogens (tertiary/aromatic N) is 2. The van der Waals surface area contributed by atoms with Crippen molar-refractivity contribution in [3.63, 3.8) is 0 Å². The van der Waals surface area contributed by atoms with Crippen LogP contribution in [0.1, 0.15) is 17.0 Å². The number of aromatic nitrogens is 3. The predicted octanol–water partition coefficient (Wildman–Crippen LogP) is 4.92. The molecule has 1 N–H and O–H groups in total. The second-order valence-electron chi connectivity index (χ2n) is 6.94.